The van der Waals surface area contributed by atoms with E-state index in [4.69, 9.17) is 4.74 Å². The first-order chi connectivity index (χ1) is 9.65. The van der Waals surface area contributed by atoms with Gasteiger partial charge in [0, 0.05) is 12.2 Å². The number of rotatable bonds is 3. The summed E-state index contributed by atoms with van der Waals surface area (Å²) in [5.41, 5.74) is 4.12. The van der Waals surface area contributed by atoms with Gasteiger partial charge in [-0.2, -0.15) is 0 Å². The third-order valence-electron chi connectivity index (χ3n) is 4.86. The summed E-state index contributed by atoms with van der Waals surface area (Å²) < 4.78 is 6.41. The molecule has 3 rings (SSSR count). The number of nitrogens with one attached hydrogen (secondary N) is 1. The van der Waals surface area contributed by atoms with Crippen LogP contribution in [0.1, 0.15) is 56.1 Å². The first-order valence-electron chi connectivity index (χ1n) is 8.15. The average molecular weight is 273 g/mol. The van der Waals surface area contributed by atoms with E-state index in [1.54, 1.807) is 0 Å². The van der Waals surface area contributed by atoms with E-state index < -0.39 is 0 Å². The fourth-order valence-electron chi connectivity index (χ4n) is 3.91. The van der Waals surface area contributed by atoms with Crippen LogP contribution in [0.15, 0.2) is 18.2 Å². The molecule has 1 spiro atoms. The van der Waals surface area contributed by atoms with Crippen LogP contribution in [0.4, 0.5) is 5.69 Å². The summed E-state index contributed by atoms with van der Waals surface area (Å²) >= 11 is 0. The summed E-state index contributed by atoms with van der Waals surface area (Å²) in [6.07, 6.45) is 9.57. The molecule has 1 N–H and O–H groups in total. The van der Waals surface area contributed by atoms with Crippen molar-refractivity contribution in [2.75, 3.05) is 11.9 Å². The fourth-order valence-corrected chi connectivity index (χ4v) is 3.91. The monoisotopic (exact) mass is 273 g/mol. The van der Waals surface area contributed by atoms with Gasteiger partial charge in [0.05, 0.1) is 11.7 Å². The number of anilines is 1. The van der Waals surface area contributed by atoms with Crippen LogP contribution in [0, 0.1) is 13.8 Å². The third kappa shape index (κ3) is 3.17. The summed E-state index contributed by atoms with van der Waals surface area (Å²) in [5, 5.41) is 3.57. The zero-order chi connectivity index (χ0) is 14.0. The second-order valence-corrected chi connectivity index (χ2v) is 6.78. The molecule has 2 nitrogen and oxygen atoms in total. The molecule has 110 valence electrons. The minimum atomic E-state index is 0.243. The molecule has 1 aromatic carbocycles. The Kier molecular flexibility index (Phi) is 4.02. The molecule has 1 heterocycles. The molecule has 0 radical (unpaired) electrons. The van der Waals surface area contributed by atoms with Crippen LogP contribution in [-0.4, -0.2) is 18.2 Å². The molecule has 2 fully saturated rings. The Morgan fingerprint density at radius 3 is 2.45 bits per heavy atom. The maximum atomic E-state index is 6.41. The van der Waals surface area contributed by atoms with Gasteiger partial charge >= 0.3 is 0 Å². The summed E-state index contributed by atoms with van der Waals surface area (Å²) in [6, 6.07) is 6.66. The quantitative estimate of drug-likeness (QED) is 0.869. The zero-order valence-corrected chi connectivity index (χ0v) is 12.9. The minimum absolute atomic E-state index is 0.243. The van der Waals surface area contributed by atoms with Crippen LogP contribution in [0.3, 0.4) is 0 Å². The SMILES string of the molecule is Cc1cc(C)cc(NCC2CCC3(CCCCC3)O2)c1. The third-order valence-corrected chi connectivity index (χ3v) is 4.86. The van der Waals surface area contributed by atoms with Gasteiger partial charge in [0.1, 0.15) is 0 Å². The van der Waals surface area contributed by atoms with Gasteiger partial charge in [-0.05, 0) is 62.8 Å². The molecule has 2 heteroatoms. The van der Waals surface area contributed by atoms with Gasteiger partial charge in [0.2, 0.25) is 0 Å². The van der Waals surface area contributed by atoms with Crippen molar-refractivity contribution < 1.29 is 4.74 Å². The van der Waals surface area contributed by atoms with Crippen molar-refractivity contribution in [2.45, 2.75) is 70.5 Å². The van der Waals surface area contributed by atoms with Crippen LogP contribution in [-0.2, 0) is 4.74 Å². The summed E-state index contributed by atoms with van der Waals surface area (Å²) in [7, 11) is 0. The lowest BCUT2D eigenvalue weighted by molar-refractivity contribution is -0.0588. The number of aryl methyl sites for hydroxylation is 2. The highest BCUT2D eigenvalue weighted by Gasteiger charge is 2.40. The van der Waals surface area contributed by atoms with Crippen molar-refractivity contribution in [1.82, 2.24) is 0 Å². The average Bonchev–Trinajstić information content (AvgIpc) is 2.79. The molecule has 0 bridgehead atoms. The predicted octanol–water partition coefficient (Wildman–Crippen LogP) is 4.60. The molecule has 1 saturated heterocycles. The van der Waals surface area contributed by atoms with Gasteiger partial charge in [-0.15, -0.1) is 0 Å². The van der Waals surface area contributed by atoms with Crippen LogP contribution in [0.2, 0.25) is 0 Å². The molecule has 1 aliphatic carbocycles. The second kappa shape index (κ2) is 5.77. The van der Waals surface area contributed by atoms with Crippen LogP contribution in [0.25, 0.3) is 0 Å². The van der Waals surface area contributed by atoms with E-state index in [2.05, 4.69) is 37.4 Å². The predicted molar refractivity (Wildman–Crippen MR) is 84.3 cm³/mol. The molecule has 1 aliphatic heterocycles. The minimum Gasteiger partial charge on any atom is -0.382 e. The molecule has 0 aromatic heterocycles. The lowest BCUT2D eigenvalue weighted by atomic mass is 9.83. The molecular formula is C18H27NO. The lowest BCUT2D eigenvalue weighted by Crippen LogP contribution is -2.33. The van der Waals surface area contributed by atoms with Crippen molar-refractivity contribution in [3.8, 4) is 0 Å². The molecular weight excluding hydrogens is 246 g/mol. The van der Waals surface area contributed by atoms with Crippen LogP contribution >= 0.6 is 0 Å². The van der Waals surface area contributed by atoms with E-state index in [1.165, 1.54) is 61.8 Å². The van der Waals surface area contributed by atoms with E-state index >= 15 is 0 Å². The van der Waals surface area contributed by atoms with Crippen LogP contribution in [0.5, 0.6) is 0 Å². The highest BCUT2D eigenvalue weighted by atomic mass is 16.5. The van der Waals surface area contributed by atoms with Crippen molar-refractivity contribution >= 4 is 5.69 Å². The Balaban J connectivity index is 1.54. The standard InChI is InChI=1S/C18H27NO/c1-14-10-15(2)12-16(11-14)19-13-17-6-9-18(20-17)7-4-3-5-8-18/h10-12,17,19H,3-9,13H2,1-2H3. The largest absolute Gasteiger partial charge is 0.382 e. The molecule has 1 unspecified atom stereocenters. The van der Waals surface area contributed by atoms with Crippen molar-refractivity contribution in [3.63, 3.8) is 0 Å². The Bertz CT molecular complexity index is 442. The lowest BCUT2D eigenvalue weighted by Gasteiger charge is -2.33. The fraction of sp³-hybridized carbons (Fsp3) is 0.667. The molecule has 0 amide bonds. The van der Waals surface area contributed by atoms with E-state index in [1.807, 2.05) is 0 Å². The van der Waals surface area contributed by atoms with E-state index in [0.717, 1.165) is 6.54 Å². The molecule has 1 atom stereocenters. The maximum Gasteiger partial charge on any atom is 0.0756 e. The van der Waals surface area contributed by atoms with E-state index in [9.17, 15) is 0 Å². The Hall–Kier alpha value is -1.02. The number of hydrogen-bond donors (Lipinski definition) is 1. The smallest absolute Gasteiger partial charge is 0.0756 e. The normalized spacial score (nSPS) is 25.0. The summed E-state index contributed by atoms with van der Waals surface area (Å²) in [4.78, 5) is 0. The van der Waals surface area contributed by atoms with Gasteiger partial charge in [-0.25, -0.2) is 0 Å². The first kappa shape index (κ1) is 13.9. The van der Waals surface area contributed by atoms with Gasteiger partial charge in [0.15, 0.2) is 0 Å². The second-order valence-electron chi connectivity index (χ2n) is 6.78. The van der Waals surface area contributed by atoms with E-state index in [0.29, 0.717) is 6.10 Å². The number of benzene rings is 1. The Labute approximate surface area is 122 Å². The highest BCUT2D eigenvalue weighted by Crippen LogP contribution is 2.41. The van der Waals surface area contributed by atoms with Gasteiger partial charge < -0.3 is 10.1 Å². The van der Waals surface area contributed by atoms with Gasteiger partial charge in [-0.3, -0.25) is 0 Å². The summed E-state index contributed by atoms with van der Waals surface area (Å²) in [6.45, 7) is 5.26. The number of ether oxygens (including phenoxy) is 1. The Morgan fingerprint density at radius 2 is 1.75 bits per heavy atom. The van der Waals surface area contributed by atoms with Crippen molar-refractivity contribution in [2.24, 2.45) is 0 Å². The first-order valence-corrected chi connectivity index (χ1v) is 8.15. The van der Waals surface area contributed by atoms with Crippen molar-refractivity contribution in [1.29, 1.82) is 0 Å². The van der Waals surface area contributed by atoms with Crippen LogP contribution < -0.4 is 5.32 Å². The van der Waals surface area contributed by atoms with Gasteiger partial charge in [-0.1, -0.05) is 25.3 Å². The molecule has 2 aliphatic rings. The van der Waals surface area contributed by atoms with E-state index in [-0.39, 0.29) is 5.60 Å². The summed E-state index contributed by atoms with van der Waals surface area (Å²) in [5.74, 6) is 0. The molecule has 20 heavy (non-hydrogen) atoms. The maximum absolute atomic E-state index is 6.41. The van der Waals surface area contributed by atoms with Crippen molar-refractivity contribution in [3.05, 3.63) is 29.3 Å². The Morgan fingerprint density at radius 1 is 1.05 bits per heavy atom. The topological polar surface area (TPSA) is 21.3 Å². The molecule has 1 saturated carbocycles. The highest BCUT2D eigenvalue weighted by molar-refractivity contribution is 5.48. The number of hydrogen-bond acceptors (Lipinski definition) is 2. The zero-order valence-electron chi connectivity index (χ0n) is 12.9. The van der Waals surface area contributed by atoms with Gasteiger partial charge in [0.25, 0.3) is 0 Å². The molecule has 1 aromatic rings.